The first-order chi connectivity index (χ1) is 17.1. The van der Waals surface area contributed by atoms with Crippen LogP contribution >= 0.6 is 0 Å². The molecule has 0 bridgehead atoms. The zero-order chi connectivity index (χ0) is 28.1. The van der Waals surface area contributed by atoms with Gasteiger partial charge in [-0.3, -0.25) is 14.4 Å². The lowest BCUT2D eigenvalue weighted by molar-refractivity contribution is -0.316. The molecule has 5 N–H and O–H groups in total. The van der Waals surface area contributed by atoms with Gasteiger partial charge in [0.25, 0.3) is 0 Å². The van der Waals surface area contributed by atoms with Crippen molar-refractivity contribution in [1.29, 1.82) is 0 Å². The number of ether oxygens (including phenoxy) is 1. The third kappa shape index (κ3) is 3.59. The van der Waals surface area contributed by atoms with Gasteiger partial charge in [-0.25, -0.2) is 0 Å². The Labute approximate surface area is 215 Å². The van der Waals surface area contributed by atoms with Crippen LogP contribution in [0.15, 0.2) is 70.5 Å². The molecule has 2 aliphatic carbocycles. The molecule has 0 amide bonds. The molecule has 0 aromatic heterocycles. The summed E-state index contributed by atoms with van der Waals surface area (Å²) in [5, 5.41) is 56.1. The number of carbonyl (C=O) groups excluding carboxylic acids is 3. The van der Waals surface area contributed by atoms with Gasteiger partial charge in [0.05, 0.1) is 5.41 Å². The fourth-order valence-electron chi connectivity index (χ4n) is 5.82. The lowest BCUT2D eigenvalue weighted by Crippen LogP contribution is -2.72. The summed E-state index contributed by atoms with van der Waals surface area (Å²) in [5.41, 5.74) is -8.26. The molecule has 0 aromatic carbocycles. The van der Waals surface area contributed by atoms with Crippen molar-refractivity contribution in [3.63, 3.8) is 0 Å². The fraction of sp³-hybridized carbons (Fsp3) is 0.464. The normalized spacial score (nSPS) is 37.8. The van der Waals surface area contributed by atoms with E-state index in [0.717, 1.165) is 13.0 Å². The predicted molar refractivity (Wildman–Crippen MR) is 134 cm³/mol. The molecular formula is C28H34O9. The van der Waals surface area contributed by atoms with Crippen LogP contribution in [-0.4, -0.2) is 59.9 Å². The van der Waals surface area contributed by atoms with E-state index in [1.807, 2.05) is 0 Å². The quantitative estimate of drug-likeness (QED) is 0.117. The van der Waals surface area contributed by atoms with E-state index >= 15 is 0 Å². The number of Topliss-reactive ketones (excluding diaryl/α,β-unsaturated/α-hetero) is 3. The minimum atomic E-state index is -2.95. The van der Waals surface area contributed by atoms with E-state index in [9.17, 15) is 39.9 Å². The predicted octanol–water partition coefficient (Wildman–Crippen LogP) is 3.52. The number of carbonyl (C=O) groups is 3. The highest BCUT2D eigenvalue weighted by Crippen LogP contribution is 2.67. The number of hydrogen-bond donors (Lipinski definition) is 5. The molecule has 9 nitrogen and oxygen atoms in total. The minimum Gasteiger partial charge on any atom is -0.509 e. The topological polar surface area (TPSA) is 162 Å². The van der Waals surface area contributed by atoms with Crippen LogP contribution in [0.1, 0.15) is 54.4 Å². The molecule has 0 radical (unpaired) electrons. The number of aliphatic hydroxyl groups excluding tert-OH is 3. The highest BCUT2D eigenvalue weighted by Gasteiger charge is 2.83. The molecule has 1 saturated heterocycles. The summed E-state index contributed by atoms with van der Waals surface area (Å²) in [7, 11) is 0. The van der Waals surface area contributed by atoms with E-state index in [0.29, 0.717) is 6.42 Å². The summed E-state index contributed by atoms with van der Waals surface area (Å²) in [6, 6.07) is 0. The molecule has 2 fully saturated rings. The first kappa shape index (κ1) is 28.3. The average Bonchev–Trinajstić information content (AvgIpc) is 3.03. The summed E-state index contributed by atoms with van der Waals surface area (Å²) < 4.78 is 5.88. The Balaban J connectivity index is 2.38. The van der Waals surface area contributed by atoms with Crippen molar-refractivity contribution < 1.29 is 44.7 Å². The molecule has 3 rings (SSSR count). The van der Waals surface area contributed by atoms with Gasteiger partial charge in [0, 0.05) is 23.5 Å². The second kappa shape index (κ2) is 9.24. The van der Waals surface area contributed by atoms with Crippen molar-refractivity contribution in [2.45, 2.75) is 71.4 Å². The summed E-state index contributed by atoms with van der Waals surface area (Å²) >= 11 is 0. The van der Waals surface area contributed by atoms with Crippen molar-refractivity contribution >= 4 is 17.3 Å². The second-order valence-electron chi connectivity index (χ2n) is 10.1. The van der Waals surface area contributed by atoms with E-state index in [-0.39, 0.29) is 17.6 Å². The van der Waals surface area contributed by atoms with Crippen LogP contribution in [0.4, 0.5) is 0 Å². The van der Waals surface area contributed by atoms with Crippen LogP contribution in [0, 0.1) is 11.3 Å². The molecule has 1 heterocycles. The van der Waals surface area contributed by atoms with E-state index in [2.05, 4.69) is 0 Å². The second-order valence-corrected chi connectivity index (χ2v) is 10.1. The standard InChI is InChI=1S/C28H34O9/c1-7-9-11-13-16(29)18-20(31)15(3)22(32)26(5)21(18)25(4)23(33)19(17(30)14-12-10-8-2)24(34)27(6,35)28(25,36)37-26/h7-10,12,14,21,30-32,35-36H,11,13H2,1-6H3/b9-7+,10-8+,14-12+,19-17+/t21-,25-,26+,27+,28-/m1/s1. The minimum absolute atomic E-state index is 0.0670. The molecule has 0 spiro atoms. The van der Waals surface area contributed by atoms with Gasteiger partial charge in [0.2, 0.25) is 11.6 Å². The molecule has 9 heteroatoms. The molecule has 1 aliphatic heterocycles. The van der Waals surface area contributed by atoms with Crippen molar-refractivity contribution in [3.8, 4) is 0 Å². The maximum absolute atomic E-state index is 14.1. The lowest BCUT2D eigenvalue weighted by Gasteiger charge is -2.50. The summed E-state index contributed by atoms with van der Waals surface area (Å²) in [4.78, 5) is 40.9. The number of hydrogen-bond acceptors (Lipinski definition) is 9. The molecule has 0 aromatic rings. The first-order valence-electron chi connectivity index (χ1n) is 12.0. The Kier molecular flexibility index (Phi) is 7.07. The maximum atomic E-state index is 14.1. The van der Waals surface area contributed by atoms with Gasteiger partial charge < -0.3 is 30.3 Å². The SMILES string of the molecule is C/C=C/C=C/C(O)=C1\C(=O)[C@](C)(O)[C@]2(O)O[C@]3(C)C(O)=C(C)C(O)=C(C(=O)CC/C=C/C)[C@@H]3[C@]2(C)C1=O. The highest BCUT2D eigenvalue weighted by atomic mass is 16.7. The van der Waals surface area contributed by atoms with Crippen molar-refractivity contribution in [1.82, 2.24) is 0 Å². The van der Waals surface area contributed by atoms with Crippen LogP contribution < -0.4 is 0 Å². The third-order valence-electron chi connectivity index (χ3n) is 7.83. The number of ketones is 3. The lowest BCUT2D eigenvalue weighted by atomic mass is 9.52. The molecule has 3 aliphatic rings. The van der Waals surface area contributed by atoms with Gasteiger partial charge >= 0.3 is 0 Å². The monoisotopic (exact) mass is 514 g/mol. The van der Waals surface area contributed by atoms with Gasteiger partial charge in [-0.05, 0) is 54.0 Å². The Morgan fingerprint density at radius 3 is 2.22 bits per heavy atom. The highest BCUT2D eigenvalue weighted by molar-refractivity contribution is 6.28. The Hall–Kier alpha value is -3.27. The number of aliphatic hydroxyl groups is 5. The van der Waals surface area contributed by atoms with Crippen molar-refractivity contribution in [2.75, 3.05) is 0 Å². The zero-order valence-electron chi connectivity index (χ0n) is 21.8. The zero-order valence-corrected chi connectivity index (χ0v) is 21.8. The number of allylic oxidation sites excluding steroid dienone is 7. The number of fused-ring (bicyclic) bond motifs is 3. The van der Waals surface area contributed by atoms with Gasteiger partial charge in [-0.15, -0.1) is 0 Å². The molecule has 0 unspecified atom stereocenters. The molecule has 200 valence electrons. The first-order valence-corrected chi connectivity index (χ1v) is 12.0. The van der Waals surface area contributed by atoms with Gasteiger partial charge in [-0.2, -0.15) is 0 Å². The van der Waals surface area contributed by atoms with Gasteiger partial charge in [-0.1, -0.05) is 30.4 Å². The van der Waals surface area contributed by atoms with Crippen LogP contribution in [-0.2, 0) is 19.1 Å². The molecule has 5 atom stereocenters. The molecule has 1 saturated carbocycles. The van der Waals surface area contributed by atoms with E-state index in [4.69, 9.17) is 4.74 Å². The fourth-order valence-corrected chi connectivity index (χ4v) is 5.82. The average molecular weight is 515 g/mol. The number of rotatable bonds is 6. The van der Waals surface area contributed by atoms with Crippen LogP contribution in [0.3, 0.4) is 0 Å². The summed E-state index contributed by atoms with van der Waals surface area (Å²) in [5.74, 6) is -9.35. The summed E-state index contributed by atoms with van der Waals surface area (Å²) in [6.45, 7) is 8.28. The Bertz CT molecular complexity index is 1240. The Morgan fingerprint density at radius 1 is 1.03 bits per heavy atom. The largest absolute Gasteiger partial charge is 0.509 e. The van der Waals surface area contributed by atoms with E-state index in [1.54, 1.807) is 32.1 Å². The maximum Gasteiger partial charge on any atom is 0.217 e. The third-order valence-corrected chi connectivity index (χ3v) is 7.83. The van der Waals surface area contributed by atoms with Gasteiger partial charge in [0.15, 0.2) is 17.2 Å². The van der Waals surface area contributed by atoms with Crippen molar-refractivity contribution in [2.24, 2.45) is 11.3 Å². The van der Waals surface area contributed by atoms with Gasteiger partial charge in [0.1, 0.15) is 28.5 Å². The van der Waals surface area contributed by atoms with E-state index < -0.39 is 68.5 Å². The van der Waals surface area contributed by atoms with Crippen LogP contribution in [0.2, 0.25) is 0 Å². The van der Waals surface area contributed by atoms with Crippen molar-refractivity contribution in [3.05, 3.63) is 70.5 Å². The molecule has 37 heavy (non-hydrogen) atoms. The molecular weight excluding hydrogens is 480 g/mol. The van der Waals surface area contributed by atoms with Crippen LogP contribution in [0.5, 0.6) is 0 Å². The van der Waals surface area contributed by atoms with Crippen LogP contribution in [0.25, 0.3) is 0 Å². The summed E-state index contributed by atoms with van der Waals surface area (Å²) in [6.07, 6.45) is 9.38. The smallest absolute Gasteiger partial charge is 0.217 e. The van der Waals surface area contributed by atoms with E-state index in [1.165, 1.54) is 32.9 Å². The Morgan fingerprint density at radius 2 is 1.65 bits per heavy atom.